The van der Waals surface area contributed by atoms with Crippen molar-refractivity contribution in [2.24, 2.45) is 5.41 Å². The van der Waals surface area contributed by atoms with Crippen LogP contribution in [-0.2, 0) is 4.79 Å². The first-order valence-corrected chi connectivity index (χ1v) is 11.0. The van der Waals surface area contributed by atoms with E-state index in [-0.39, 0.29) is 16.2 Å². The monoisotopic (exact) mass is 533 g/mol. The number of benzene rings is 2. The smallest absolute Gasteiger partial charge is 0.309 e. The second-order valence-corrected chi connectivity index (χ2v) is 9.73. The van der Waals surface area contributed by atoms with Gasteiger partial charge in [-0.2, -0.15) is 0 Å². The van der Waals surface area contributed by atoms with Gasteiger partial charge in [-0.3, -0.25) is 9.59 Å². The zero-order valence-electron chi connectivity index (χ0n) is 15.0. The number of hydrogen-bond donors (Lipinski definition) is 2. The number of carboxylic acids is 1. The first-order chi connectivity index (χ1) is 13.2. The lowest BCUT2D eigenvalue weighted by atomic mass is 9.67. The molecule has 2 aromatic rings. The molecule has 1 aliphatic rings. The van der Waals surface area contributed by atoms with Crippen molar-refractivity contribution in [3.05, 3.63) is 56.4 Å². The number of carbonyl (C=O) groups is 2. The Morgan fingerprint density at radius 3 is 2.64 bits per heavy atom. The molecule has 4 nitrogen and oxygen atoms in total. The minimum atomic E-state index is -0.729. The number of rotatable bonds is 6. The number of thioether (sulfide) groups is 1. The molecule has 1 aliphatic carbocycles. The summed E-state index contributed by atoms with van der Waals surface area (Å²) in [6.45, 7) is 1.91. The van der Waals surface area contributed by atoms with Crippen LogP contribution in [0.25, 0.3) is 0 Å². The van der Waals surface area contributed by atoms with Gasteiger partial charge in [-0.25, -0.2) is 4.39 Å². The van der Waals surface area contributed by atoms with E-state index in [0.29, 0.717) is 30.5 Å². The van der Waals surface area contributed by atoms with Crippen LogP contribution in [0.15, 0.2) is 41.3 Å². The van der Waals surface area contributed by atoms with Crippen molar-refractivity contribution in [2.45, 2.75) is 36.3 Å². The lowest BCUT2D eigenvalue weighted by molar-refractivity contribution is -0.154. The van der Waals surface area contributed by atoms with Crippen LogP contribution in [0.5, 0.6) is 0 Å². The summed E-state index contributed by atoms with van der Waals surface area (Å²) in [5.41, 5.74) is 0.278. The second-order valence-electron chi connectivity index (χ2n) is 6.82. The van der Waals surface area contributed by atoms with E-state index in [2.05, 4.69) is 27.9 Å². The van der Waals surface area contributed by atoms with E-state index < -0.39 is 17.2 Å². The standard InChI is InChI=1S/C20H18ClFINO3S/c1-2-20(19(26)27)9-13(10-20)28-17-7-11(3-6-16(17)23)18(25)24-12-4-5-15(22)14(21)8-12/h3-8,13H,2,9-10H2,1H3,(H,24,25)(H,26,27). The lowest BCUT2D eigenvalue weighted by Gasteiger charge is -2.43. The van der Waals surface area contributed by atoms with Crippen molar-refractivity contribution in [1.82, 2.24) is 0 Å². The molecule has 1 amide bonds. The van der Waals surface area contributed by atoms with Crippen LogP contribution >= 0.6 is 46.0 Å². The number of aliphatic carboxylic acids is 1. The van der Waals surface area contributed by atoms with Crippen LogP contribution in [0.3, 0.4) is 0 Å². The molecule has 0 atom stereocenters. The number of carboxylic acid groups (broad SMARTS) is 1. The Bertz CT molecular complexity index is 934. The Labute approximate surface area is 185 Å². The minimum absolute atomic E-state index is 0.0560. The largest absolute Gasteiger partial charge is 0.481 e. The van der Waals surface area contributed by atoms with E-state index in [9.17, 15) is 19.1 Å². The van der Waals surface area contributed by atoms with Crippen LogP contribution in [0.4, 0.5) is 10.1 Å². The second kappa shape index (κ2) is 8.59. The van der Waals surface area contributed by atoms with Gasteiger partial charge in [0.1, 0.15) is 5.82 Å². The molecule has 2 aromatic carbocycles. The fourth-order valence-electron chi connectivity index (χ4n) is 3.20. The number of carbonyl (C=O) groups excluding carboxylic acids is 1. The summed E-state index contributed by atoms with van der Waals surface area (Å²) in [5, 5.41) is 12.3. The Morgan fingerprint density at radius 1 is 1.32 bits per heavy atom. The van der Waals surface area contributed by atoms with E-state index in [1.807, 2.05) is 13.0 Å². The zero-order valence-corrected chi connectivity index (χ0v) is 18.7. The van der Waals surface area contributed by atoms with E-state index in [0.717, 1.165) is 8.47 Å². The first-order valence-electron chi connectivity index (χ1n) is 8.70. The molecule has 2 N–H and O–H groups in total. The minimum Gasteiger partial charge on any atom is -0.481 e. The van der Waals surface area contributed by atoms with Gasteiger partial charge in [0.25, 0.3) is 5.91 Å². The number of amides is 1. The Morgan fingerprint density at radius 2 is 2.04 bits per heavy atom. The predicted molar refractivity (Wildman–Crippen MR) is 118 cm³/mol. The fraction of sp³-hybridized carbons (Fsp3) is 0.300. The zero-order chi connectivity index (χ0) is 20.5. The third-order valence-electron chi connectivity index (χ3n) is 5.03. The topological polar surface area (TPSA) is 66.4 Å². The number of hydrogen-bond acceptors (Lipinski definition) is 3. The third-order valence-corrected chi connectivity index (χ3v) is 7.89. The van der Waals surface area contributed by atoms with Crippen molar-refractivity contribution in [1.29, 1.82) is 0 Å². The van der Waals surface area contributed by atoms with E-state index in [4.69, 9.17) is 11.6 Å². The summed E-state index contributed by atoms with van der Waals surface area (Å²) in [6.07, 6.45) is 1.88. The average Bonchev–Trinajstić information content (AvgIpc) is 2.62. The summed E-state index contributed by atoms with van der Waals surface area (Å²) >= 11 is 9.58. The van der Waals surface area contributed by atoms with Gasteiger partial charge in [-0.1, -0.05) is 18.5 Å². The van der Waals surface area contributed by atoms with Gasteiger partial charge in [-0.15, -0.1) is 11.8 Å². The summed E-state index contributed by atoms with van der Waals surface area (Å²) in [5.74, 6) is -1.59. The maximum atomic E-state index is 13.3. The molecule has 0 bridgehead atoms. The summed E-state index contributed by atoms with van der Waals surface area (Å²) < 4.78 is 14.3. The van der Waals surface area contributed by atoms with Gasteiger partial charge in [0.05, 0.1) is 10.4 Å². The Kier molecular flexibility index (Phi) is 6.56. The maximum Gasteiger partial charge on any atom is 0.309 e. The highest BCUT2D eigenvalue weighted by Gasteiger charge is 2.49. The highest BCUT2D eigenvalue weighted by molar-refractivity contribution is 14.1. The SMILES string of the molecule is CCC1(C(=O)O)CC(Sc2cc(C(=O)Nc3ccc(F)c(Cl)c3)ccc2I)C1. The van der Waals surface area contributed by atoms with Gasteiger partial charge in [0.2, 0.25) is 0 Å². The molecule has 0 unspecified atom stereocenters. The van der Waals surface area contributed by atoms with Gasteiger partial charge < -0.3 is 10.4 Å². The van der Waals surface area contributed by atoms with Crippen molar-refractivity contribution >= 4 is 63.5 Å². The summed E-state index contributed by atoms with van der Waals surface area (Å²) in [6, 6.07) is 9.40. The lowest BCUT2D eigenvalue weighted by Crippen LogP contribution is -2.45. The number of anilines is 1. The van der Waals surface area contributed by atoms with Gasteiger partial charge in [0, 0.05) is 25.0 Å². The maximum absolute atomic E-state index is 13.3. The molecule has 0 aromatic heterocycles. The van der Waals surface area contributed by atoms with Gasteiger partial charge in [-0.05, 0) is 78.3 Å². The van der Waals surface area contributed by atoms with Crippen molar-refractivity contribution in [3.8, 4) is 0 Å². The van der Waals surface area contributed by atoms with Crippen LogP contribution < -0.4 is 5.32 Å². The van der Waals surface area contributed by atoms with Crippen molar-refractivity contribution in [3.63, 3.8) is 0 Å². The molecule has 0 spiro atoms. The quantitative estimate of drug-likeness (QED) is 0.442. The van der Waals surface area contributed by atoms with Crippen molar-refractivity contribution < 1.29 is 19.1 Å². The fourth-order valence-corrected chi connectivity index (χ4v) is 5.64. The van der Waals surface area contributed by atoms with Crippen LogP contribution in [0, 0.1) is 14.8 Å². The van der Waals surface area contributed by atoms with E-state index in [1.165, 1.54) is 18.2 Å². The molecular weight excluding hydrogens is 516 g/mol. The number of halogens is 3. The number of nitrogens with one attached hydrogen (secondary N) is 1. The molecule has 148 valence electrons. The molecule has 28 heavy (non-hydrogen) atoms. The predicted octanol–water partition coefficient (Wildman–Crippen LogP) is 6.07. The normalized spacial score (nSPS) is 21.1. The van der Waals surface area contributed by atoms with Crippen molar-refractivity contribution in [2.75, 3.05) is 5.32 Å². The van der Waals surface area contributed by atoms with Crippen LogP contribution in [0.2, 0.25) is 5.02 Å². The highest BCUT2D eigenvalue weighted by atomic mass is 127. The molecule has 0 heterocycles. The summed E-state index contributed by atoms with van der Waals surface area (Å²) in [7, 11) is 0. The molecule has 0 radical (unpaired) electrons. The molecule has 0 aliphatic heterocycles. The highest BCUT2D eigenvalue weighted by Crippen LogP contribution is 2.51. The van der Waals surface area contributed by atoms with E-state index >= 15 is 0 Å². The third kappa shape index (κ3) is 4.46. The Hall–Kier alpha value is -1.32. The molecule has 1 saturated carbocycles. The van der Waals surface area contributed by atoms with Crippen LogP contribution in [0.1, 0.15) is 36.5 Å². The first kappa shape index (κ1) is 21.4. The molecule has 0 saturated heterocycles. The van der Waals surface area contributed by atoms with Crippen LogP contribution in [-0.4, -0.2) is 22.2 Å². The molecule has 8 heteroatoms. The molecular formula is C20H18ClFINO3S. The Balaban J connectivity index is 1.70. The summed E-state index contributed by atoms with van der Waals surface area (Å²) in [4.78, 5) is 25.0. The van der Waals surface area contributed by atoms with Gasteiger partial charge in [0.15, 0.2) is 0 Å². The molecule has 1 fully saturated rings. The average molecular weight is 534 g/mol. The molecule has 3 rings (SSSR count). The van der Waals surface area contributed by atoms with E-state index in [1.54, 1.807) is 23.9 Å². The van der Waals surface area contributed by atoms with Gasteiger partial charge >= 0.3 is 5.97 Å².